The van der Waals surface area contributed by atoms with Crippen LogP contribution >= 0.6 is 0 Å². The number of aromatic hydroxyl groups is 1. The quantitative estimate of drug-likeness (QED) is 0.550. The molecule has 0 bridgehead atoms. The standard InChI is InChI=1S/C20H16O8/c1-26-14-9-11(4-5-13(14)21)18-17(20(24)25)12-7-10(3-6-16(22)23)8-15(27-2)19(12)28-18/h3-9,21H,1-2H3,(H,22,23)(H,24,25)/b6-3+. The summed E-state index contributed by atoms with van der Waals surface area (Å²) in [5, 5.41) is 28.6. The van der Waals surface area contributed by atoms with Gasteiger partial charge in [0.2, 0.25) is 0 Å². The van der Waals surface area contributed by atoms with Crippen LogP contribution < -0.4 is 9.47 Å². The van der Waals surface area contributed by atoms with Crippen LogP contribution in [0.4, 0.5) is 0 Å². The van der Waals surface area contributed by atoms with Gasteiger partial charge in [-0.15, -0.1) is 0 Å². The first-order valence-electron chi connectivity index (χ1n) is 8.02. The second-order valence-corrected chi connectivity index (χ2v) is 5.77. The number of methoxy groups -OCH3 is 2. The number of aliphatic carboxylic acids is 1. The molecule has 1 heterocycles. The van der Waals surface area contributed by atoms with Gasteiger partial charge in [0.1, 0.15) is 11.3 Å². The first-order chi connectivity index (χ1) is 13.3. The summed E-state index contributed by atoms with van der Waals surface area (Å²) >= 11 is 0. The summed E-state index contributed by atoms with van der Waals surface area (Å²) < 4.78 is 16.2. The van der Waals surface area contributed by atoms with E-state index < -0.39 is 11.9 Å². The summed E-state index contributed by atoms with van der Waals surface area (Å²) in [6.45, 7) is 0. The molecule has 3 aromatic rings. The van der Waals surface area contributed by atoms with Crippen molar-refractivity contribution in [2.45, 2.75) is 0 Å². The lowest BCUT2D eigenvalue weighted by Gasteiger charge is -2.05. The molecule has 0 amide bonds. The second kappa shape index (κ2) is 7.36. The third-order valence-electron chi connectivity index (χ3n) is 4.07. The van der Waals surface area contributed by atoms with Gasteiger partial charge >= 0.3 is 11.9 Å². The van der Waals surface area contributed by atoms with Crippen molar-refractivity contribution in [3.63, 3.8) is 0 Å². The molecule has 0 radical (unpaired) electrons. The Morgan fingerprint density at radius 2 is 1.75 bits per heavy atom. The van der Waals surface area contributed by atoms with E-state index in [1.54, 1.807) is 0 Å². The average molecular weight is 384 g/mol. The van der Waals surface area contributed by atoms with Crippen molar-refractivity contribution in [2.24, 2.45) is 0 Å². The van der Waals surface area contributed by atoms with Gasteiger partial charge in [-0.3, -0.25) is 0 Å². The van der Waals surface area contributed by atoms with E-state index in [4.69, 9.17) is 19.0 Å². The predicted molar refractivity (Wildman–Crippen MR) is 100 cm³/mol. The Kier molecular flexibility index (Phi) is 4.95. The summed E-state index contributed by atoms with van der Waals surface area (Å²) in [6.07, 6.45) is 2.26. The predicted octanol–water partition coefficient (Wildman–Crippen LogP) is 3.62. The number of fused-ring (bicyclic) bond motifs is 1. The van der Waals surface area contributed by atoms with E-state index in [-0.39, 0.29) is 39.5 Å². The SMILES string of the molecule is COc1cc(-c2oc3c(OC)cc(/C=C/C(=O)O)cc3c2C(=O)O)ccc1O. The molecule has 1 aromatic heterocycles. The monoisotopic (exact) mass is 384 g/mol. The van der Waals surface area contributed by atoms with Crippen LogP contribution in [0.2, 0.25) is 0 Å². The molecular formula is C20H16O8. The molecule has 0 saturated carbocycles. The molecule has 0 aliphatic rings. The normalized spacial score (nSPS) is 11.1. The van der Waals surface area contributed by atoms with Crippen LogP contribution in [0.1, 0.15) is 15.9 Å². The summed E-state index contributed by atoms with van der Waals surface area (Å²) in [4.78, 5) is 22.8. The molecule has 3 N–H and O–H groups in total. The van der Waals surface area contributed by atoms with Gasteiger partial charge in [0.25, 0.3) is 0 Å². The fourth-order valence-corrected chi connectivity index (χ4v) is 2.84. The Balaban J connectivity index is 2.31. The van der Waals surface area contributed by atoms with Gasteiger partial charge in [0, 0.05) is 17.0 Å². The molecular weight excluding hydrogens is 368 g/mol. The van der Waals surface area contributed by atoms with Gasteiger partial charge < -0.3 is 29.2 Å². The molecule has 2 aromatic carbocycles. The number of phenolic OH excluding ortho intramolecular Hbond substituents is 1. The van der Waals surface area contributed by atoms with Gasteiger partial charge in [-0.2, -0.15) is 0 Å². The number of phenols is 1. The van der Waals surface area contributed by atoms with E-state index in [1.165, 1.54) is 50.6 Å². The molecule has 0 atom stereocenters. The van der Waals surface area contributed by atoms with Crippen LogP contribution in [0.3, 0.4) is 0 Å². The number of aromatic carboxylic acids is 1. The van der Waals surface area contributed by atoms with Crippen molar-refractivity contribution in [3.8, 4) is 28.6 Å². The number of carbonyl (C=O) groups is 2. The highest BCUT2D eigenvalue weighted by atomic mass is 16.5. The third kappa shape index (κ3) is 3.35. The molecule has 3 rings (SSSR count). The summed E-state index contributed by atoms with van der Waals surface area (Å²) in [6, 6.07) is 7.37. The molecule has 0 aliphatic carbocycles. The molecule has 144 valence electrons. The molecule has 8 nitrogen and oxygen atoms in total. The zero-order valence-corrected chi connectivity index (χ0v) is 14.9. The lowest BCUT2D eigenvalue weighted by atomic mass is 10.0. The Hall–Kier alpha value is -3.94. The number of furan rings is 1. The van der Waals surface area contributed by atoms with E-state index in [2.05, 4.69) is 0 Å². The summed E-state index contributed by atoms with van der Waals surface area (Å²) in [7, 11) is 2.77. The highest BCUT2D eigenvalue weighted by Gasteiger charge is 2.25. The fourth-order valence-electron chi connectivity index (χ4n) is 2.84. The number of carboxylic acids is 2. The minimum absolute atomic E-state index is 0.0541. The van der Waals surface area contributed by atoms with E-state index in [9.17, 15) is 19.8 Å². The van der Waals surface area contributed by atoms with Gasteiger partial charge in [-0.05, 0) is 42.0 Å². The van der Waals surface area contributed by atoms with Crippen LogP contribution in [0, 0.1) is 0 Å². The van der Waals surface area contributed by atoms with Crippen LogP contribution in [0.25, 0.3) is 28.4 Å². The average Bonchev–Trinajstić information content (AvgIpc) is 3.05. The van der Waals surface area contributed by atoms with Crippen molar-refractivity contribution in [1.29, 1.82) is 0 Å². The number of rotatable bonds is 6. The van der Waals surface area contributed by atoms with E-state index in [0.29, 0.717) is 11.1 Å². The van der Waals surface area contributed by atoms with Crippen molar-refractivity contribution in [1.82, 2.24) is 0 Å². The molecule has 0 spiro atoms. The Morgan fingerprint density at radius 3 is 2.36 bits per heavy atom. The van der Waals surface area contributed by atoms with Crippen molar-refractivity contribution < 1.29 is 38.8 Å². The maximum absolute atomic E-state index is 12.0. The summed E-state index contributed by atoms with van der Waals surface area (Å²) in [5.41, 5.74) is 0.902. The number of hydrogen-bond donors (Lipinski definition) is 3. The zero-order valence-electron chi connectivity index (χ0n) is 14.9. The number of hydrogen-bond acceptors (Lipinski definition) is 6. The molecule has 28 heavy (non-hydrogen) atoms. The van der Waals surface area contributed by atoms with Crippen LogP contribution in [-0.2, 0) is 4.79 Å². The Labute approximate surface area is 158 Å². The highest BCUT2D eigenvalue weighted by Crippen LogP contribution is 2.41. The number of benzene rings is 2. The topological polar surface area (TPSA) is 126 Å². The zero-order chi connectivity index (χ0) is 20.4. The minimum atomic E-state index is -1.23. The Bertz CT molecular complexity index is 1110. The molecule has 0 saturated heterocycles. The second-order valence-electron chi connectivity index (χ2n) is 5.77. The first kappa shape index (κ1) is 18.8. The van der Waals surface area contributed by atoms with Crippen LogP contribution in [0.5, 0.6) is 17.2 Å². The maximum atomic E-state index is 12.0. The lowest BCUT2D eigenvalue weighted by Crippen LogP contribution is -1.98. The third-order valence-corrected chi connectivity index (χ3v) is 4.07. The molecule has 8 heteroatoms. The van der Waals surface area contributed by atoms with Crippen LogP contribution in [0.15, 0.2) is 40.8 Å². The first-order valence-corrected chi connectivity index (χ1v) is 8.02. The highest BCUT2D eigenvalue weighted by molar-refractivity contribution is 6.10. The van der Waals surface area contributed by atoms with E-state index in [1.807, 2.05) is 0 Å². The number of carboxylic acid groups (broad SMARTS) is 2. The number of ether oxygens (including phenoxy) is 2. The summed E-state index contributed by atoms with van der Waals surface area (Å²) in [5.74, 6) is -2.01. The van der Waals surface area contributed by atoms with Crippen molar-refractivity contribution in [3.05, 3.63) is 47.5 Å². The lowest BCUT2D eigenvalue weighted by molar-refractivity contribution is -0.131. The molecule has 0 unspecified atom stereocenters. The van der Waals surface area contributed by atoms with E-state index >= 15 is 0 Å². The van der Waals surface area contributed by atoms with Crippen molar-refractivity contribution in [2.75, 3.05) is 14.2 Å². The van der Waals surface area contributed by atoms with E-state index in [0.717, 1.165) is 6.08 Å². The van der Waals surface area contributed by atoms with Gasteiger partial charge in [-0.25, -0.2) is 9.59 Å². The Morgan fingerprint density at radius 1 is 1.04 bits per heavy atom. The van der Waals surface area contributed by atoms with Crippen molar-refractivity contribution >= 4 is 29.0 Å². The minimum Gasteiger partial charge on any atom is -0.504 e. The smallest absolute Gasteiger partial charge is 0.340 e. The maximum Gasteiger partial charge on any atom is 0.340 e. The fraction of sp³-hybridized carbons (Fsp3) is 0.100. The van der Waals surface area contributed by atoms with Gasteiger partial charge in [0.15, 0.2) is 22.8 Å². The van der Waals surface area contributed by atoms with Crippen LogP contribution in [-0.4, -0.2) is 41.5 Å². The molecule has 0 aliphatic heterocycles. The molecule has 0 fully saturated rings. The van der Waals surface area contributed by atoms with Gasteiger partial charge in [0.05, 0.1) is 14.2 Å². The largest absolute Gasteiger partial charge is 0.504 e. The van der Waals surface area contributed by atoms with Gasteiger partial charge in [-0.1, -0.05) is 0 Å².